The standard InChI is InChI=1S/C19H29N3O5S/c1-2-27-18-7-5-16(6-8-18)14-20-19(23)17-4-3-9-22(15-17)28(24,25)21-10-12-26-13-11-21/h5-8,17H,2-4,9-15H2,1H3,(H,20,23)/t17-/m1/s1. The van der Waals surface area contributed by atoms with Crippen molar-refractivity contribution in [3.8, 4) is 5.75 Å². The molecule has 2 saturated heterocycles. The molecule has 0 aliphatic carbocycles. The molecular formula is C19H29N3O5S. The summed E-state index contributed by atoms with van der Waals surface area (Å²) < 4.78 is 39.2. The van der Waals surface area contributed by atoms with E-state index in [0.717, 1.165) is 11.3 Å². The van der Waals surface area contributed by atoms with Crippen LogP contribution in [0.1, 0.15) is 25.3 Å². The smallest absolute Gasteiger partial charge is 0.282 e. The molecule has 0 unspecified atom stereocenters. The van der Waals surface area contributed by atoms with Gasteiger partial charge in [-0.3, -0.25) is 4.79 Å². The average Bonchev–Trinajstić information content (AvgIpc) is 2.74. The Balaban J connectivity index is 1.53. The van der Waals surface area contributed by atoms with Gasteiger partial charge in [-0.05, 0) is 37.5 Å². The monoisotopic (exact) mass is 411 g/mol. The molecule has 1 N–H and O–H groups in total. The molecule has 28 heavy (non-hydrogen) atoms. The van der Waals surface area contributed by atoms with Gasteiger partial charge in [0.2, 0.25) is 5.91 Å². The van der Waals surface area contributed by atoms with Gasteiger partial charge in [0, 0.05) is 32.7 Å². The molecule has 0 radical (unpaired) electrons. The zero-order valence-electron chi connectivity index (χ0n) is 16.3. The summed E-state index contributed by atoms with van der Waals surface area (Å²) in [5.41, 5.74) is 0.977. The average molecular weight is 412 g/mol. The fraction of sp³-hybridized carbons (Fsp3) is 0.632. The van der Waals surface area contributed by atoms with Crippen molar-refractivity contribution in [2.45, 2.75) is 26.3 Å². The molecule has 8 nitrogen and oxygen atoms in total. The second-order valence-electron chi connectivity index (χ2n) is 7.01. The van der Waals surface area contributed by atoms with Gasteiger partial charge in [-0.1, -0.05) is 12.1 Å². The molecule has 1 aromatic rings. The predicted octanol–water partition coefficient (Wildman–Crippen LogP) is 0.991. The third-order valence-electron chi connectivity index (χ3n) is 5.08. The molecule has 1 aromatic carbocycles. The number of carbonyl (C=O) groups is 1. The Morgan fingerprint density at radius 1 is 1.18 bits per heavy atom. The highest BCUT2D eigenvalue weighted by Crippen LogP contribution is 2.22. The highest BCUT2D eigenvalue weighted by atomic mass is 32.2. The van der Waals surface area contributed by atoms with Gasteiger partial charge in [-0.2, -0.15) is 17.0 Å². The Hall–Kier alpha value is -1.68. The van der Waals surface area contributed by atoms with Crippen molar-refractivity contribution >= 4 is 16.1 Å². The first-order valence-electron chi connectivity index (χ1n) is 9.83. The number of nitrogens with zero attached hydrogens (tertiary/aromatic N) is 2. The summed E-state index contributed by atoms with van der Waals surface area (Å²) in [6.07, 6.45) is 1.38. The van der Waals surface area contributed by atoms with E-state index in [1.165, 1.54) is 8.61 Å². The Labute approximate surface area is 167 Å². The number of nitrogens with one attached hydrogen (secondary N) is 1. The van der Waals surface area contributed by atoms with Crippen LogP contribution in [0.4, 0.5) is 0 Å². The number of carbonyl (C=O) groups excluding carboxylic acids is 1. The number of ether oxygens (including phenoxy) is 2. The lowest BCUT2D eigenvalue weighted by molar-refractivity contribution is -0.126. The van der Waals surface area contributed by atoms with E-state index >= 15 is 0 Å². The Kier molecular flexibility index (Phi) is 7.28. The quantitative estimate of drug-likeness (QED) is 0.723. The van der Waals surface area contributed by atoms with Gasteiger partial charge < -0.3 is 14.8 Å². The van der Waals surface area contributed by atoms with Crippen LogP contribution in [0.2, 0.25) is 0 Å². The summed E-state index contributed by atoms with van der Waals surface area (Å²) in [6, 6.07) is 7.59. The van der Waals surface area contributed by atoms with Crippen molar-refractivity contribution in [3.63, 3.8) is 0 Å². The van der Waals surface area contributed by atoms with Crippen molar-refractivity contribution in [3.05, 3.63) is 29.8 Å². The Morgan fingerprint density at radius 3 is 2.57 bits per heavy atom. The molecule has 3 rings (SSSR count). The Bertz CT molecular complexity index is 747. The summed E-state index contributed by atoms with van der Waals surface area (Å²) >= 11 is 0. The normalized spacial score (nSPS) is 22.0. The van der Waals surface area contributed by atoms with Gasteiger partial charge in [0.25, 0.3) is 10.2 Å². The van der Waals surface area contributed by atoms with Gasteiger partial charge in [0.05, 0.1) is 25.7 Å². The van der Waals surface area contributed by atoms with Crippen molar-refractivity contribution in [2.75, 3.05) is 46.0 Å². The number of morpholine rings is 1. The lowest BCUT2D eigenvalue weighted by Gasteiger charge is -2.36. The van der Waals surface area contributed by atoms with Crippen LogP contribution in [0.15, 0.2) is 24.3 Å². The van der Waals surface area contributed by atoms with Crippen molar-refractivity contribution < 1.29 is 22.7 Å². The van der Waals surface area contributed by atoms with E-state index in [0.29, 0.717) is 58.8 Å². The summed E-state index contributed by atoms with van der Waals surface area (Å²) in [5, 5.41) is 2.94. The fourth-order valence-electron chi connectivity index (χ4n) is 3.51. The van der Waals surface area contributed by atoms with Gasteiger partial charge >= 0.3 is 0 Å². The molecule has 1 amide bonds. The van der Waals surface area contributed by atoms with E-state index < -0.39 is 10.2 Å². The van der Waals surface area contributed by atoms with Crippen molar-refractivity contribution in [2.24, 2.45) is 5.92 Å². The molecule has 0 bridgehead atoms. The van der Waals surface area contributed by atoms with Crippen LogP contribution in [-0.4, -0.2) is 68.9 Å². The van der Waals surface area contributed by atoms with Gasteiger partial charge in [-0.25, -0.2) is 0 Å². The van der Waals surface area contributed by atoms with Crippen LogP contribution in [-0.2, 0) is 26.3 Å². The predicted molar refractivity (Wildman–Crippen MR) is 105 cm³/mol. The van der Waals surface area contributed by atoms with Crippen LogP contribution in [0.5, 0.6) is 5.75 Å². The van der Waals surface area contributed by atoms with Crippen LogP contribution in [0.3, 0.4) is 0 Å². The van der Waals surface area contributed by atoms with Crippen LogP contribution < -0.4 is 10.1 Å². The number of hydrogen-bond acceptors (Lipinski definition) is 5. The molecule has 0 spiro atoms. The summed E-state index contributed by atoms with van der Waals surface area (Å²) in [7, 11) is -3.54. The second kappa shape index (κ2) is 9.69. The first kappa shape index (κ1) is 21.0. The second-order valence-corrected chi connectivity index (χ2v) is 8.94. The highest BCUT2D eigenvalue weighted by molar-refractivity contribution is 7.86. The van der Waals surface area contributed by atoms with E-state index in [1.54, 1.807) is 0 Å². The third kappa shape index (κ3) is 5.22. The number of benzene rings is 1. The van der Waals surface area contributed by atoms with E-state index in [9.17, 15) is 13.2 Å². The molecule has 0 aromatic heterocycles. The largest absolute Gasteiger partial charge is 0.494 e. The molecule has 2 aliphatic heterocycles. The van der Waals surface area contributed by atoms with Crippen LogP contribution >= 0.6 is 0 Å². The molecular weight excluding hydrogens is 382 g/mol. The van der Waals surface area contributed by atoms with Crippen LogP contribution in [0, 0.1) is 5.92 Å². The number of hydrogen-bond donors (Lipinski definition) is 1. The van der Waals surface area contributed by atoms with Crippen molar-refractivity contribution in [1.29, 1.82) is 0 Å². The number of piperidine rings is 1. The molecule has 156 valence electrons. The van der Waals surface area contributed by atoms with Crippen LogP contribution in [0.25, 0.3) is 0 Å². The Morgan fingerprint density at radius 2 is 1.89 bits per heavy atom. The van der Waals surface area contributed by atoms with E-state index in [2.05, 4.69) is 5.32 Å². The summed E-state index contributed by atoms with van der Waals surface area (Å²) in [6.45, 7) is 5.22. The lowest BCUT2D eigenvalue weighted by Crippen LogP contribution is -2.52. The van der Waals surface area contributed by atoms with E-state index in [4.69, 9.17) is 9.47 Å². The number of amides is 1. The van der Waals surface area contributed by atoms with E-state index in [-0.39, 0.29) is 18.4 Å². The van der Waals surface area contributed by atoms with Gasteiger partial charge in [-0.15, -0.1) is 0 Å². The zero-order chi connectivity index (χ0) is 20.0. The maximum Gasteiger partial charge on any atom is 0.282 e. The SMILES string of the molecule is CCOc1ccc(CNC(=O)[C@@H]2CCCN(S(=O)(=O)N3CCOCC3)C2)cc1. The lowest BCUT2D eigenvalue weighted by atomic mass is 9.99. The molecule has 0 saturated carbocycles. The first-order valence-corrected chi connectivity index (χ1v) is 11.2. The molecule has 2 aliphatic rings. The fourth-order valence-corrected chi connectivity index (χ4v) is 5.18. The maximum absolute atomic E-state index is 12.8. The number of rotatable bonds is 7. The molecule has 9 heteroatoms. The maximum atomic E-state index is 12.8. The highest BCUT2D eigenvalue weighted by Gasteiger charge is 2.36. The minimum absolute atomic E-state index is 0.101. The molecule has 1 atom stereocenters. The minimum Gasteiger partial charge on any atom is -0.494 e. The zero-order valence-corrected chi connectivity index (χ0v) is 17.1. The summed E-state index contributed by atoms with van der Waals surface area (Å²) in [4.78, 5) is 12.6. The molecule has 2 fully saturated rings. The molecule has 2 heterocycles. The van der Waals surface area contributed by atoms with Gasteiger partial charge in [0.15, 0.2) is 0 Å². The van der Waals surface area contributed by atoms with E-state index in [1.807, 2.05) is 31.2 Å². The van der Waals surface area contributed by atoms with Gasteiger partial charge in [0.1, 0.15) is 5.75 Å². The third-order valence-corrected chi connectivity index (χ3v) is 7.08. The summed E-state index contributed by atoms with van der Waals surface area (Å²) in [5.74, 6) is 0.372. The topological polar surface area (TPSA) is 88.2 Å². The minimum atomic E-state index is -3.54. The van der Waals surface area contributed by atoms with Crippen molar-refractivity contribution in [1.82, 2.24) is 13.9 Å². The first-order chi connectivity index (χ1) is 13.5.